The van der Waals surface area contributed by atoms with Crippen LogP contribution in [0.2, 0.25) is 0 Å². The van der Waals surface area contributed by atoms with E-state index in [0.29, 0.717) is 12.1 Å². The number of nitrogens with zero attached hydrogens (tertiary/aromatic N) is 3. The molecule has 2 aromatic carbocycles. The minimum Gasteiger partial charge on any atom is -0.337 e. The Morgan fingerprint density at radius 1 is 1.07 bits per heavy atom. The summed E-state index contributed by atoms with van der Waals surface area (Å²) in [4.78, 5) is 20.2. The average molecular weight is 466 g/mol. The van der Waals surface area contributed by atoms with Gasteiger partial charge in [0.05, 0.1) is 5.69 Å². The lowest BCUT2D eigenvalue weighted by molar-refractivity contribution is 0.0785. The van der Waals surface area contributed by atoms with Crippen LogP contribution in [-0.4, -0.2) is 27.2 Å². The van der Waals surface area contributed by atoms with Crippen molar-refractivity contribution >= 4 is 39.2 Å². The standard InChI is InChI=1S/C23H20BrN3OS/c1-26(14-17-5-9-19(24)10-6-17)23(28)18-7-11-21(12-8-18)29-16-20-15-27-13-3-2-4-22(27)25-20/h2-13,15H,14,16H2,1H3. The summed E-state index contributed by atoms with van der Waals surface area (Å²) in [6.45, 7) is 0.580. The van der Waals surface area contributed by atoms with Crippen molar-refractivity contribution in [2.45, 2.75) is 17.2 Å². The predicted molar refractivity (Wildman–Crippen MR) is 121 cm³/mol. The zero-order valence-electron chi connectivity index (χ0n) is 16.0. The Kier molecular flexibility index (Phi) is 6.02. The number of imidazole rings is 1. The number of benzene rings is 2. The molecule has 0 bridgehead atoms. The van der Waals surface area contributed by atoms with Gasteiger partial charge in [-0.25, -0.2) is 4.98 Å². The summed E-state index contributed by atoms with van der Waals surface area (Å²) in [6, 6.07) is 21.8. The summed E-state index contributed by atoms with van der Waals surface area (Å²) < 4.78 is 3.06. The van der Waals surface area contributed by atoms with Crippen LogP contribution >= 0.6 is 27.7 Å². The molecule has 0 saturated heterocycles. The van der Waals surface area contributed by atoms with Gasteiger partial charge in [0.15, 0.2) is 0 Å². The first-order valence-electron chi connectivity index (χ1n) is 9.24. The topological polar surface area (TPSA) is 37.6 Å². The van der Waals surface area contributed by atoms with Crippen molar-refractivity contribution in [2.75, 3.05) is 7.05 Å². The molecule has 29 heavy (non-hydrogen) atoms. The number of halogens is 1. The van der Waals surface area contributed by atoms with Gasteiger partial charge in [0.1, 0.15) is 5.65 Å². The summed E-state index contributed by atoms with van der Waals surface area (Å²) in [5.74, 6) is 0.808. The molecule has 146 valence electrons. The van der Waals surface area contributed by atoms with Crippen LogP contribution in [0, 0.1) is 0 Å². The van der Waals surface area contributed by atoms with Gasteiger partial charge in [-0.1, -0.05) is 34.1 Å². The number of hydrogen-bond donors (Lipinski definition) is 0. The van der Waals surface area contributed by atoms with Crippen LogP contribution in [-0.2, 0) is 12.3 Å². The molecule has 4 aromatic rings. The molecule has 0 aliphatic rings. The summed E-state index contributed by atoms with van der Waals surface area (Å²) in [5.41, 5.74) is 3.79. The molecule has 0 aliphatic carbocycles. The molecule has 4 rings (SSSR count). The number of hydrogen-bond acceptors (Lipinski definition) is 3. The van der Waals surface area contributed by atoms with Gasteiger partial charge in [-0.15, -0.1) is 11.8 Å². The molecule has 2 aromatic heterocycles. The normalized spacial score (nSPS) is 11.0. The maximum Gasteiger partial charge on any atom is 0.253 e. The molecule has 0 radical (unpaired) electrons. The molecule has 1 amide bonds. The average Bonchev–Trinajstić information content (AvgIpc) is 3.17. The summed E-state index contributed by atoms with van der Waals surface area (Å²) in [5, 5.41) is 0. The third kappa shape index (κ3) is 4.89. The lowest BCUT2D eigenvalue weighted by Crippen LogP contribution is -2.26. The highest BCUT2D eigenvalue weighted by molar-refractivity contribution is 9.10. The third-order valence-corrected chi connectivity index (χ3v) is 6.16. The van der Waals surface area contributed by atoms with E-state index in [0.717, 1.165) is 32.0 Å². The molecule has 0 unspecified atom stereocenters. The second-order valence-corrected chi connectivity index (χ2v) is 8.76. The van der Waals surface area contributed by atoms with E-state index < -0.39 is 0 Å². The predicted octanol–water partition coefficient (Wildman–Crippen LogP) is 5.66. The van der Waals surface area contributed by atoms with E-state index in [1.807, 2.05) is 84.4 Å². The number of rotatable bonds is 6. The minimum absolute atomic E-state index is 0.0184. The Morgan fingerprint density at radius 2 is 1.83 bits per heavy atom. The van der Waals surface area contributed by atoms with Crippen LogP contribution in [0.4, 0.5) is 0 Å². The second kappa shape index (κ2) is 8.84. The van der Waals surface area contributed by atoms with Gasteiger partial charge < -0.3 is 9.30 Å². The lowest BCUT2D eigenvalue weighted by atomic mass is 10.1. The van der Waals surface area contributed by atoms with Crippen LogP contribution in [0.3, 0.4) is 0 Å². The van der Waals surface area contributed by atoms with Gasteiger partial charge in [0.2, 0.25) is 0 Å². The van der Waals surface area contributed by atoms with E-state index in [1.165, 1.54) is 0 Å². The summed E-state index contributed by atoms with van der Waals surface area (Å²) in [7, 11) is 1.83. The van der Waals surface area contributed by atoms with Crippen molar-refractivity contribution in [3.63, 3.8) is 0 Å². The molecule has 2 heterocycles. The van der Waals surface area contributed by atoms with E-state index in [1.54, 1.807) is 16.7 Å². The van der Waals surface area contributed by atoms with Crippen LogP contribution in [0.5, 0.6) is 0 Å². The van der Waals surface area contributed by atoms with Crippen molar-refractivity contribution in [1.29, 1.82) is 0 Å². The largest absolute Gasteiger partial charge is 0.337 e. The highest BCUT2D eigenvalue weighted by Crippen LogP contribution is 2.23. The van der Waals surface area contributed by atoms with Gasteiger partial charge in [-0.3, -0.25) is 4.79 Å². The molecule has 0 fully saturated rings. The fourth-order valence-electron chi connectivity index (χ4n) is 3.06. The molecule has 0 atom stereocenters. The Labute approximate surface area is 182 Å². The Bertz CT molecular complexity index is 1090. The quantitative estimate of drug-likeness (QED) is 0.344. The fraction of sp³-hybridized carbons (Fsp3) is 0.130. The smallest absolute Gasteiger partial charge is 0.253 e. The Morgan fingerprint density at radius 3 is 2.55 bits per heavy atom. The first-order chi connectivity index (χ1) is 14.1. The monoisotopic (exact) mass is 465 g/mol. The van der Waals surface area contributed by atoms with E-state index >= 15 is 0 Å². The highest BCUT2D eigenvalue weighted by Gasteiger charge is 2.12. The number of fused-ring (bicyclic) bond motifs is 1. The molecule has 0 aliphatic heterocycles. The van der Waals surface area contributed by atoms with Gasteiger partial charge in [0.25, 0.3) is 5.91 Å². The molecular formula is C23H20BrN3OS. The summed E-state index contributed by atoms with van der Waals surface area (Å²) >= 11 is 5.15. The maximum atomic E-state index is 12.7. The number of carbonyl (C=O) groups is 1. The van der Waals surface area contributed by atoms with Crippen LogP contribution < -0.4 is 0 Å². The van der Waals surface area contributed by atoms with E-state index in [-0.39, 0.29) is 5.91 Å². The first-order valence-corrected chi connectivity index (χ1v) is 11.0. The van der Waals surface area contributed by atoms with E-state index in [9.17, 15) is 4.79 Å². The van der Waals surface area contributed by atoms with E-state index in [2.05, 4.69) is 27.1 Å². The first kappa shape index (κ1) is 19.7. The van der Waals surface area contributed by atoms with Gasteiger partial charge in [0, 0.05) is 46.7 Å². The number of amides is 1. The number of pyridine rings is 1. The van der Waals surface area contributed by atoms with Crippen LogP contribution in [0.25, 0.3) is 5.65 Å². The zero-order valence-corrected chi connectivity index (χ0v) is 18.4. The molecule has 4 nitrogen and oxygen atoms in total. The summed E-state index contributed by atoms with van der Waals surface area (Å²) in [6.07, 6.45) is 4.05. The molecule has 0 N–H and O–H groups in total. The molecule has 6 heteroatoms. The SMILES string of the molecule is CN(Cc1ccc(Br)cc1)C(=O)c1ccc(SCc2cn3ccccc3n2)cc1. The lowest BCUT2D eigenvalue weighted by Gasteiger charge is -2.17. The van der Waals surface area contributed by atoms with Gasteiger partial charge in [-0.05, 0) is 54.1 Å². The van der Waals surface area contributed by atoms with Crippen molar-refractivity contribution in [1.82, 2.24) is 14.3 Å². The van der Waals surface area contributed by atoms with Crippen LogP contribution in [0.15, 0.2) is 88.5 Å². The van der Waals surface area contributed by atoms with Crippen LogP contribution in [0.1, 0.15) is 21.6 Å². The van der Waals surface area contributed by atoms with Gasteiger partial charge >= 0.3 is 0 Å². The van der Waals surface area contributed by atoms with E-state index in [4.69, 9.17) is 0 Å². The third-order valence-electron chi connectivity index (χ3n) is 4.58. The van der Waals surface area contributed by atoms with Crippen molar-refractivity contribution in [2.24, 2.45) is 0 Å². The minimum atomic E-state index is 0.0184. The number of carbonyl (C=O) groups excluding carboxylic acids is 1. The Balaban J connectivity index is 1.36. The fourth-order valence-corrected chi connectivity index (χ4v) is 4.11. The maximum absolute atomic E-state index is 12.7. The zero-order chi connectivity index (χ0) is 20.2. The molecule has 0 saturated carbocycles. The van der Waals surface area contributed by atoms with Gasteiger partial charge in [-0.2, -0.15) is 0 Å². The second-order valence-electron chi connectivity index (χ2n) is 6.80. The highest BCUT2D eigenvalue weighted by atomic mass is 79.9. The molecule has 0 spiro atoms. The van der Waals surface area contributed by atoms with Crippen molar-refractivity contribution in [3.05, 3.63) is 100 Å². The van der Waals surface area contributed by atoms with Crippen molar-refractivity contribution in [3.8, 4) is 0 Å². The molecular weight excluding hydrogens is 446 g/mol. The van der Waals surface area contributed by atoms with Crippen molar-refractivity contribution < 1.29 is 4.79 Å². The number of thioether (sulfide) groups is 1. The Hall–Kier alpha value is -2.57. The number of aromatic nitrogens is 2.